The molecule has 1 amide bonds. The molecule has 1 saturated heterocycles. The first-order valence-electron chi connectivity index (χ1n) is 7.86. The van der Waals surface area contributed by atoms with Gasteiger partial charge in [-0.25, -0.2) is 4.79 Å². The molecule has 1 aromatic carbocycles. The first-order valence-corrected chi connectivity index (χ1v) is 7.86. The maximum Gasteiger partial charge on any atom is 0.328 e. The molecule has 2 aliphatic rings. The molecule has 3 rings (SSSR count). The van der Waals surface area contributed by atoms with Crippen molar-refractivity contribution >= 4 is 11.9 Å². The SMILES string of the molecule is COC(=O)[C@@H]1CCCN1C(=O)CNC1Cc2ccccc2C1. The smallest absolute Gasteiger partial charge is 0.328 e. The molecule has 1 atom stereocenters. The van der Waals surface area contributed by atoms with E-state index < -0.39 is 6.04 Å². The summed E-state index contributed by atoms with van der Waals surface area (Å²) >= 11 is 0. The lowest BCUT2D eigenvalue weighted by molar-refractivity contribution is -0.150. The highest BCUT2D eigenvalue weighted by molar-refractivity contribution is 5.86. The minimum Gasteiger partial charge on any atom is -0.467 e. The van der Waals surface area contributed by atoms with Crippen molar-refractivity contribution in [3.8, 4) is 0 Å². The van der Waals surface area contributed by atoms with E-state index in [0.717, 1.165) is 19.3 Å². The zero-order valence-corrected chi connectivity index (χ0v) is 12.9. The number of likely N-dealkylation sites (tertiary alicyclic amines) is 1. The Morgan fingerprint density at radius 2 is 1.95 bits per heavy atom. The Balaban J connectivity index is 1.52. The monoisotopic (exact) mass is 302 g/mol. The molecule has 1 N–H and O–H groups in total. The standard InChI is InChI=1S/C17H22N2O3/c1-22-17(21)15-7-4-8-19(15)16(20)11-18-14-9-12-5-2-3-6-13(12)10-14/h2-3,5-6,14-15,18H,4,7-11H2,1H3/t15-/m0/s1. The lowest BCUT2D eigenvalue weighted by Gasteiger charge is -2.23. The molecule has 1 heterocycles. The Hall–Kier alpha value is -1.88. The van der Waals surface area contributed by atoms with Gasteiger partial charge >= 0.3 is 5.97 Å². The minimum atomic E-state index is -0.403. The summed E-state index contributed by atoms with van der Waals surface area (Å²) in [6.45, 7) is 0.928. The molecule has 0 bridgehead atoms. The van der Waals surface area contributed by atoms with E-state index in [1.54, 1.807) is 4.90 Å². The average Bonchev–Trinajstić information content (AvgIpc) is 3.17. The van der Waals surface area contributed by atoms with Crippen molar-refractivity contribution in [3.63, 3.8) is 0 Å². The molecule has 1 aromatic rings. The predicted octanol–water partition coefficient (Wildman–Crippen LogP) is 0.907. The molecule has 22 heavy (non-hydrogen) atoms. The van der Waals surface area contributed by atoms with E-state index in [2.05, 4.69) is 29.6 Å². The van der Waals surface area contributed by atoms with E-state index in [-0.39, 0.29) is 18.4 Å². The van der Waals surface area contributed by atoms with Crippen molar-refractivity contribution < 1.29 is 14.3 Å². The number of ether oxygens (including phenoxy) is 1. The van der Waals surface area contributed by atoms with Gasteiger partial charge in [0.1, 0.15) is 6.04 Å². The lowest BCUT2D eigenvalue weighted by atomic mass is 10.1. The molecule has 1 aliphatic heterocycles. The van der Waals surface area contributed by atoms with Crippen molar-refractivity contribution in [2.45, 2.75) is 37.8 Å². The van der Waals surface area contributed by atoms with Gasteiger partial charge < -0.3 is 15.0 Å². The Morgan fingerprint density at radius 1 is 1.27 bits per heavy atom. The zero-order chi connectivity index (χ0) is 15.5. The van der Waals surface area contributed by atoms with Crippen LogP contribution in [0.4, 0.5) is 0 Å². The fourth-order valence-electron chi connectivity index (χ4n) is 3.48. The molecule has 0 radical (unpaired) electrons. The second kappa shape index (κ2) is 6.48. The number of fused-ring (bicyclic) bond motifs is 1. The van der Waals surface area contributed by atoms with Crippen LogP contribution in [0.25, 0.3) is 0 Å². The first kappa shape index (κ1) is 15.0. The third-order valence-electron chi connectivity index (χ3n) is 4.64. The lowest BCUT2D eigenvalue weighted by Crippen LogP contribution is -2.46. The van der Waals surface area contributed by atoms with Gasteiger partial charge in [0.2, 0.25) is 5.91 Å². The third kappa shape index (κ3) is 2.99. The van der Waals surface area contributed by atoms with Crippen LogP contribution in [0.2, 0.25) is 0 Å². The molecule has 5 nitrogen and oxygen atoms in total. The number of carbonyl (C=O) groups is 2. The van der Waals surface area contributed by atoms with Gasteiger partial charge in [-0.2, -0.15) is 0 Å². The molecule has 0 spiro atoms. The molecule has 5 heteroatoms. The molecular weight excluding hydrogens is 280 g/mol. The van der Waals surface area contributed by atoms with Crippen molar-refractivity contribution in [2.24, 2.45) is 0 Å². The minimum absolute atomic E-state index is 0.0103. The summed E-state index contributed by atoms with van der Waals surface area (Å²) < 4.78 is 4.78. The van der Waals surface area contributed by atoms with Crippen LogP contribution in [0.3, 0.4) is 0 Å². The number of benzene rings is 1. The Bertz CT molecular complexity index is 548. The molecule has 0 aromatic heterocycles. The van der Waals surface area contributed by atoms with E-state index in [4.69, 9.17) is 4.74 Å². The van der Waals surface area contributed by atoms with Gasteiger partial charge in [0.25, 0.3) is 0 Å². The van der Waals surface area contributed by atoms with Crippen LogP contribution in [-0.2, 0) is 27.2 Å². The first-order chi connectivity index (χ1) is 10.7. The van der Waals surface area contributed by atoms with Crippen LogP contribution < -0.4 is 5.32 Å². The van der Waals surface area contributed by atoms with Gasteiger partial charge in [0, 0.05) is 12.6 Å². The van der Waals surface area contributed by atoms with Gasteiger partial charge in [-0.05, 0) is 36.8 Å². The van der Waals surface area contributed by atoms with Crippen LogP contribution in [-0.4, -0.2) is 49.1 Å². The molecule has 118 valence electrons. The van der Waals surface area contributed by atoms with E-state index in [1.165, 1.54) is 18.2 Å². The van der Waals surface area contributed by atoms with E-state index in [1.807, 2.05) is 0 Å². The number of hydrogen-bond donors (Lipinski definition) is 1. The Kier molecular flexibility index (Phi) is 4.43. The van der Waals surface area contributed by atoms with Crippen LogP contribution in [0.1, 0.15) is 24.0 Å². The number of esters is 1. The number of nitrogens with one attached hydrogen (secondary N) is 1. The fraction of sp³-hybridized carbons (Fsp3) is 0.529. The summed E-state index contributed by atoms with van der Waals surface area (Å²) in [5, 5.41) is 3.34. The van der Waals surface area contributed by atoms with Gasteiger partial charge in [0.05, 0.1) is 13.7 Å². The molecule has 0 unspecified atom stereocenters. The number of nitrogens with zero attached hydrogens (tertiary/aromatic N) is 1. The predicted molar refractivity (Wildman–Crippen MR) is 82.4 cm³/mol. The Morgan fingerprint density at radius 3 is 2.59 bits per heavy atom. The van der Waals surface area contributed by atoms with Crippen LogP contribution >= 0.6 is 0 Å². The van der Waals surface area contributed by atoms with E-state index in [9.17, 15) is 9.59 Å². The average molecular weight is 302 g/mol. The largest absolute Gasteiger partial charge is 0.467 e. The van der Waals surface area contributed by atoms with Crippen LogP contribution in [0.15, 0.2) is 24.3 Å². The normalized spacial score (nSPS) is 21.0. The maximum atomic E-state index is 12.4. The second-order valence-electron chi connectivity index (χ2n) is 6.02. The molecular formula is C17H22N2O3. The number of rotatable bonds is 4. The summed E-state index contributed by atoms with van der Waals surface area (Å²) in [5.74, 6) is -0.317. The van der Waals surface area contributed by atoms with Crippen LogP contribution in [0.5, 0.6) is 0 Å². The molecule has 1 aliphatic carbocycles. The highest BCUT2D eigenvalue weighted by Gasteiger charge is 2.34. The van der Waals surface area contributed by atoms with Crippen molar-refractivity contribution in [1.29, 1.82) is 0 Å². The zero-order valence-electron chi connectivity index (χ0n) is 12.9. The van der Waals surface area contributed by atoms with E-state index >= 15 is 0 Å². The summed E-state index contributed by atoms with van der Waals surface area (Å²) in [5.41, 5.74) is 2.72. The molecule has 0 saturated carbocycles. The topological polar surface area (TPSA) is 58.6 Å². The fourth-order valence-corrected chi connectivity index (χ4v) is 3.48. The van der Waals surface area contributed by atoms with Crippen molar-refractivity contribution in [1.82, 2.24) is 10.2 Å². The molecule has 1 fully saturated rings. The highest BCUT2D eigenvalue weighted by Crippen LogP contribution is 2.22. The number of hydrogen-bond acceptors (Lipinski definition) is 4. The van der Waals surface area contributed by atoms with Crippen molar-refractivity contribution in [3.05, 3.63) is 35.4 Å². The summed E-state index contributed by atoms with van der Waals surface area (Å²) in [4.78, 5) is 25.7. The van der Waals surface area contributed by atoms with Crippen LogP contribution in [0, 0.1) is 0 Å². The number of methoxy groups -OCH3 is 1. The maximum absolute atomic E-state index is 12.4. The summed E-state index contributed by atoms with van der Waals surface area (Å²) in [7, 11) is 1.37. The number of amides is 1. The second-order valence-corrected chi connectivity index (χ2v) is 6.02. The van der Waals surface area contributed by atoms with Gasteiger partial charge in [-0.3, -0.25) is 4.79 Å². The highest BCUT2D eigenvalue weighted by atomic mass is 16.5. The van der Waals surface area contributed by atoms with Crippen molar-refractivity contribution in [2.75, 3.05) is 20.2 Å². The van der Waals surface area contributed by atoms with Gasteiger partial charge in [-0.15, -0.1) is 0 Å². The Labute approximate surface area is 130 Å². The number of carbonyl (C=O) groups excluding carboxylic acids is 2. The van der Waals surface area contributed by atoms with Gasteiger partial charge in [0.15, 0.2) is 0 Å². The summed E-state index contributed by atoms with van der Waals surface area (Å²) in [6.07, 6.45) is 3.49. The third-order valence-corrected chi connectivity index (χ3v) is 4.64. The quantitative estimate of drug-likeness (QED) is 0.840. The van der Waals surface area contributed by atoms with E-state index in [0.29, 0.717) is 19.0 Å². The summed E-state index contributed by atoms with van der Waals surface area (Å²) in [6, 6.07) is 8.30. The van der Waals surface area contributed by atoms with Gasteiger partial charge in [-0.1, -0.05) is 24.3 Å².